The molecule has 0 N–H and O–H groups in total. The molecule has 1 aliphatic rings. The summed E-state index contributed by atoms with van der Waals surface area (Å²) in [5.74, 6) is 0.857. The molecule has 1 saturated heterocycles. The van der Waals surface area contributed by atoms with Crippen LogP contribution in [0.5, 0.6) is 5.75 Å². The number of hydrogen-bond donors (Lipinski definition) is 0. The zero-order valence-electron chi connectivity index (χ0n) is 17.2. The van der Waals surface area contributed by atoms with Crippen molar-refractivity contribution in [3.63, 3.8) is 0 Å². The lowest BCUT2D eigenvalue weighted by molar-refractivity contribution is 0.0469. The zero-order valence-corrected chi connectivity index (χ0v) is 17.2. The van der Waals surface area contributed by atoms with E-state index in [2.05, 4.69) is 35.6 Å². The first kappa shape index (κ1) is 20.0. The van der Waals surface area contributed by atoms with Crippen molar-refractivity contribution in [1.29, 1.82) is 0 Å². The standard InChI is InChI=1S/C22H33N3O2/c1-22(2,3)25-13-11-18(16-25)27-14-7-5-6-9-17-15-20(26-4)19-10-8-12-23-21(19)24-17/h8,10,12,15,18H,5-7,9,11,13-14,16H2,1-4H3/t18-/m1/s1. The summed E-state index contributed by atoms with van der Waals surface area (Å²) in [7, 11) is 1.70. The molecule has 2 aromatic rings. The van der Waals surface area contributed by atoms with Crippen LogP contribution in [0.3, 0.4) is 0 Å². The van der Waals surface area contributed by atoms with Crippen molar-refractivity contribution in [3.05, 3.63) is 30.1 Å². The van der Waals surface area contributed by atoms with Crippen LogP contribution in [0, 0.1) is 0 Å². The molecule has 1 aliphatic heterocycles. The van der Waals surface area contributed by atoms with E-state index < -0.39 is 0 Å². The minimum absolute atomic E-state index is 0.251. The van der Waals surface area contributed by atoms with Crippen molar-refractivity contribution in [3.8, 4) is 5.75 Å². The average Bonchev–Trinajstić information content (AvgIpc) is 3.13. The molecule has 0 bridgehead atoms. The number of rotatable bonds is 8. The molecule has 0 spiro atoms. The van der Waals surface area contributed by atoms with Gasteiger partial charge in [-0.2, -0.15) is 0 Å². The maximum Gasteiger partial charge on any atom is 0.163 e. The summed E-state index contributed by atoms with van der Waals surface area (Å²) in [5.41, 5.74) is 2.07. The first-order valence-electron chi connectivity index (χ1n) is 10.1. The van der Waals surface area contributed by atoms with Gasteiger partial charge in [-0.25, -0.2) is 9.97 Å². The van der Waals surface area contributed by atoms with E-state index in [4.69, 9.17) is 9.47 Å². The van der Waals surface area contributed by atoms with Gasteiger partial charge in [-0.3, -0.25) is 4.90 Å². The molecule has 3 rings (SSSR count). The van der Waals surface area contributed by atoms with Crippen molar-refractivity contribution in [1.82, 2.24) is 14.9 Å². The topological polar surface area (TPSA) is 47.5 Å². The fourth-order valence-electron chi connectivity index (χ4n) is 3.68. The third-order valence-electron chi connectivity index (χ3n) is 5.34. The summed E-state index contributed by atoms with van der Waals surface area (Å²) in [4.78, 5) is 11.5. The first-order valence-corrected chi connectivity index (χ1v) is 10.1. The van der Waals surface area contributed by atoms with Crippen LogP contribution in [-0.2, 0) is 11.2 Å². The number of fused-ring (bicyclic) bond motifs is 1. The van der Waals surface area contributed by atoms with E-state index in [1.807, 2.05) is 18.2 Å². The van der Waals surface area contributed by atoms with Crippen LogP contribution in [0.4, 0.5) is 0 Å². The summed E-state index contributed by atoms with van der Waals surface area (Å²) in [5, 5.41) is 0.970. The summed E-state index contributed by atoms with van der Waals surface area (Å²) >= 11 is 0. The van der Waals surface area contributed by atoms with Gasteiger partial charge in [-0.05, 0) is 58.6 Å². The van der Waals surface area contributed by atoms with E-state index in [1.165, 1.54) is 0 Å². The Morgan fingerprint density at radius 3 is 2.81 bits per heavy atom. The Hall–Kier alpha value is -1.72. The van der Waals surface area contributed by atoms with Gasteiger partial charge < -0.3 is 9.47 Å². The van der Waals surface area contributed by atoms with E-state index >= 15 is 0 Å². The van der Waals surface area contributed by atoms with Crippen molar-refractivity contribution in [2.24, 2.45) is 0 Å². The van der Waals surface area contributed by atoms with Crippen molar-refractivity contribution in [2.45, 2.75) is 64.5 Å². The van der Waals surface area contributed by atoms with Crippen LogP contribution in [-0.4, -0.2) is 53.3 Å². The van der Waals surface area contributed by atoms with Gasteiger partial charge >= 0.3 is 0 Å². The second-order valence-electron chi connectivity index (χ2n) is 8.40. The van der Waals surface area contributed by atoms with E-state index in [-0.39, 0.29) is 5.54 Å². The largest absolute Gasteiger partial charge is 0.496 e. The van der Waals surface area contributed by atoms with Gasteiger partial charge in [0.1, 0.15) is 5.75 Å². The normalized spacial score (nSPS) is 18.3. The lowest BCUT2D eigenvalue weighted by atomic mass is 10.1. The smallest absolute Gasteiger partial charge is 0.163 e. The number of aryl methyl sites for hydroxylation is 1. The number of nitrogens with zero attached hydrogens (tertiary/aromatic N) is 3. The predicted octanol–water partition coefficient (Wildman–Crippen LogP) is 4.24. The summed E-state index contributed by atoms with van der Waals surface area (Å²) in [6, 6.07) is 5.95. The number of aromatic nitrogens is 2. The second-order valence-corrected chi connectivity index (χ2v) is 8.40. The Labute approximate surface area is 163 Å². The Kier molecular flexibility index (Phi) is 6.66. The van der Waals surface area contributed by atoms with Crippen molar-refractivity contribution >= 4 is 11.0 Å². The SMILES string of the molecule is COc1cc(CCCCCO[C@@H]2CCN(C(C)(C)C)C2)nc2ncccc12. The highest BCUT2D eigenvalue weighted by molar-refractivity contribution is 5.81. The van der Waals surface area contributed by atoms with Crippen molar-refractivity contribution in [2.75, 3.05) is 26.8 Å². The molecule has 0 aromatic carbocycles. The third-order valence-corrected chi connectivity index (χ3v) is 5.34. The fourth-order valence-corrected chi connectivity index (χ4v) is 3.68. The maximum absolute atomic E-state index is 6.09. The first-order chi connectivity index (χ1) is 13.0. The van der Waals surface area contributed by atoms with Crippen LogP contribution in [0.15, 0.2) is 24.4 Å². The summed E-state index contributed by atoms with van der Waals surface area (Å²) in [6.07, 6.45) is 7.65. The van der Waals surface area contributed by atoms with Crippen LogP contribution in [0.25, 0.3) is 11.0 Å². The highest BCUT2D eigenvalue weighted by Gasteiger charge is 2.30. The minimum Gasteiger partial charge on any atom is -0.496 e. The maximum atomic E-state index is 6.09. The van der Waals surface area contributed by atoms with E-state index in [0.29, 0.717) is 6.10 Å². The third kappa shape index (κ3) is 5.39. The molecule has 27 heavy (non-hydrogen) atoms. The molecular formula is C22H33N3O2. The molecule has 1 fully saturated rings. The molecule has 2 aromatic heterocycles. The molecule has 148 valence electrons. The van der Waals surface area contributed by atoms with E-state index in [9.17, 15) is 0 Å². The lowest BCUT2D eigenvalue weighted by Crippen LogP contribution is -2.40. The van der Waals surface area contributed by atoms with Crippen LogP contribution in [0.1, 0.15) is 52.1 Å². The minimum atomic E-state index is 0.251. The molecule has 0 saturated carbocycles. The van der Waals surface area contributed by atoms with E-state index in [1.54, 1.807) is 13.3 Å². The molecule has 3 heterocycles. The molecule has 5 nitrogen and oxygen atoms in total. The Morgan fingerprint density at radius 1 is 1.22 bits per heavy atom. The number of unbranched alkanes of at least 4 members (excludes halogenated alkanes) is 2. The number of methoxy groups -OCH3 is 1. The van der Waals surface area contributed by atoms with E-state index in [0.717, 1.165) is 74.3 Å². The monoisotopic (exact) mass is 371 g/mol. The zero-order chi connectivity index (χ0) is 19.3. The van der Waals surface area contributed by atoms with Gasteiger partial charge in [0.05, 0.1) is 18.6 Å². The van der Waals surface area contributed by atoms with Gasteiger partial charge in [-0.1, -0.05) is 6.42 Å². The second kappa shape index (κ2) is 8.98. The molecule has 0 radical (unpaired) electrons. The summed E-state index contributed by atoms with van der Waals surface area (Å²) < 4.78 is 11.6. The van der Waals surface area contributed by atoms with Gasteiger partial charge in [-0.15, -0.1) is 0 Å². The predicted molar refractivity (Wildman–Crippen MR) is 109 cm³/mol. The number of likely N-dealkylation sites (tertiary alicyclic amines) is 1. The highest BCUT2D eigenvalue weighted by Crippen LogP contribution is 2.25. The Bertz CT molecular complexity index is 742. The molecule has 1 atom stereocenters. The van der Waals surface area contributed by atoms with Gasteiger partial charge in [0, 0.05) is 43.2 Å². The average molecular weight is 372 g/mol. The van der Waals surface area contributed by atoms with Crippen LogP contribution < -0.4 is 4.74 Å². The fraction of sp³-hybridized carbons (Fsp3) is 0.636. The molecular weight excluding hydrogens is 338 g/mol. The Morgan fingerprint density at radius 2 is 2.07 bits per heavy atom. The number of pyridine rings is 2. The molecule has 5 heteroatoms. The van der Waals surface area contributed by atoms with Gasteiger partial charge in [0.2, 0.25) is 0 Å². The molecule has 0 aliphatic carbocycles. The molecule has 0 amide bonds. The quantitative estimate of drug-likeness (QED) is 0.650. The lowest BCUT2D eigenvalue weighted by Gasteiger charge is -2.31. The van der Waals surface area contributed by atoms with Gasteiger partial charge in [0.15, 0.2) is 5.65 Å². The number of hydrogen-bond acceptors (Lipinski definition) is 5. The van der Waals surface area contributed by atoms with Crippen molar-refractivity contribution < 1.29 is 9.47 Å². The van der Waals surface area contributed by atoms with Crippen LogP contribution >= 0.6 is 0 Å². The van der Waals surface area contributed by atoms with Gasteiger partial charge in [0.25, 0.3) is 0 Å². The molecule has 0 unspecified atom stereocenters. The Balaban J connectivity index is 1.38. The highest BCUT2D eigenvalue weighted by atomic mass is 16.5. The summed E-state index contributed by atoms with van der Waals surface area (Å²) in [6.45, 7) is 9.91. The van der Waals surface area contributed by atoms with Crippen LogP contribution in [0.2, 0.25) is 0 Å². The number of ether oxygens (including phenoxy) is 2.